The molecule has 0 aliphatic heterocycles. The van der Waals surface area contributed by atoms with Crippen LogP contribution in [0.25, 0.3) is 0 Å². The fourth-order valence-corrected chi connectivity index (χ4v) is 1.89. The number of carbonyl (C=O) groups excluding carboxylic acids is 1. The summed E-state index contributed by atoms with van der Waals surface area (Å²) in [5.41, 5.74) is 5.48. The van der Waals surface area contributed by atoms with Crippen LogP contribution in [0.5, 0.6) is 11.5 Å². The van der Waals surface area contributed by atoms with E-state index >= 15 is 0 Å². The van der Waals surface area contributed by atoms with Crippen molar-refractivity contribution in [3.63, 3.8) is 0 Å². The zero-order valence-electron chi connectivity index (χ0n) is 10.8. The van der Waals surface area contributed by atoms with E-state index in [2.05, 4.69) is 0 Å². The molecular formula is C15H14FNO3. The summed E-state index contributed by atoms with van der Waals surface area (Å²) in [5, 5.41) is 9.63. The van der Waals surface area contributed by atoms with Gasteiger partial charge < -0.3 is 15.6 Å². The minimum absolute atomic E-state index is 0.0340. The smallest absolute Gasteiger partial charge is 0.252 e. The first-order chi connectivity index (χ1) is 9.50. The molecule has 0 spiro atoms. The van der Waals surface area contributed by atoms with Gasteiger partial charge in [0.2, 0.25) is 0 Å². The Hall–Kier alpha value is -2.40. The van der Waals surface area contributed by atoms with Crippen molar-refractivity contribution in [1.82, 2.24) is 0 Å². The van der Waals surface area contributed by atoms with Gasteiger partial charge in [0.1, 0.15) is 17.3 Å². The molecule has 3 N–H and O–H groups in total. The number of halogens is 1. The van der Waals surface area contributed by atoms with Crippen LogP contribution < -0.4 is 10.5 Å². The number of hydrogen-bond donors (Lipinski definition) is 2. The topological polar surface area (TPSA) is 72.6 Å². The third kappa shape index (κ3) is 2.78. The SMILES string of the molecule is C[C@@H](O)c1c(F)cccc1Oc1ccccc1C(N)=O. The van der Waals surface area contributed by atoms with Crippen molar-refractivity contribution < 1.29 is 19.0 Å². The number of hydrogen-bond acceptors (Lipinski definition) is 3. The largest absolute Gasteiger partial charge is 0.456 e. The first-order valence-corrected chi connectivity index (χ1v) is 6.04. The molecule has 0 radical (unpaired) electrons. The lowest BCUT2D eigenvalue weighted by Gasteiger charge is -2.15. The van der Waals surface area contributed by atoms with Gasteiger partial charge in [0.15, 0.2) is 0 Å². The fraction of sp³-hybridized carbons (Fsp3) is 0.133. The number of carbonyl (C=O) groups is 1. The van der Waals surface area contributed by atoms with Gasteiger partial charge in [-0.3, -0.25) is 4.79 Å². The van der Waals surface area contributed by atoms with Crippen LogP contribution in [-0.2, 0) is 0 Å². The Morgan fingerprint density at radius 2 is 1.85 bits per heavy atom. The zero-order valence-corrected chi connectivity index (χ0v) is 10.8. The summed E-state index contributed by atoms with van der Waals surface area (Å²) >= 11 is 0. The van der Waals surface area contributed by atoms with E-state index in [0.717, 1.165) is 0 Å². The van der Waals surface area contributed by atoms with Crippen molar-refractivity contribution in [2.75, 3.05) is 0 Å². The molecule has 0 aliphatic rings. The Bertz CT molecular complexity index is 641. The van der Waals surface area contributed by atoms with Crippen LogP contribution in [0.1, 0.15) is 28.9 Å². The highest BCUT2D eigenvalue weighted by Gasteiger charge is 2.17. The summed E-state index contributed by atoms with van der Waals surface area (Å²) in [6, 6.07) is 10.6. The second kappa shape index (κ2) is 5.71. The molecule has 104 valence electrons. The molecule has 1 atom stereocenters. The molecule has 0 unspecified atom stereocenters. The van der Waals surface area contributed by atoms with Gasteiger partial charge in [-0.1, -0.05) is 18.2 Å². The van der Waals surface area contributed by atoms with Gasteiger partial charge in [-0.15, -0.1) is 0 Å². The normalized spacial score (nSPS) is 11.9. The van der Waals surface area contributed by atoms with Gasteiger partial charge in [0, 0.05) is 0 Å². The van der Waals surface area contributed by atoms with Crippen LogP contribution in [0.15, 0.2) is 42.5 Å². The molecule has 1 amide bonds. The molecule has 0 aliphatic carbocycles. The molecule has 2 aromatic carbocycles. The lowest BCUT2D eigenvalue weighted by molar-refractivity contribution is 0.0998. The quantitative estimate of drug-likeness (QED) is 0.901. The molecule has 0 bridgehead atoms. The van der Waals surface area contributed by atoms with Gasteiger partial charge in [0.25, 0.3) is 5.91 Å². The Morgan fingerprint density at radius 1 is 1.20 bits per heavy atom. The van der Waals surface area contributed by atoms with Crippen molar-refractivity contribution >= 4 is 5.91 Å². The highest BCUT2D eigenvalue weighted by atomic mass is 19.1. The van der Waals surface area contributed by atoms with Crippen LogP contribution in [0, 0.1) is 5.82 Å². The Labute approximate surface area is 115 Å². The molecule has 0 heterocycles. The average Bonchev–Trinajstić information content (AvgIpc) is 2.38. The van der Waals surface area contributed by atoms with Crippen molar-refractivity contribution in [1.29, 1.82) is 0 Å². The van der Waals surface area contributed by atoms with Crippen molar-refractivity contribution in [3.05, 3.63) is 59.4 Å². The van der Waals surface area contributed by atoms with E-state index in [9.17, 15) is 14.3 Å². The molecule has 0 saturated heterocycles. The van der Waals surface area contributed by atoms with Crippen LogP contribution in [0.2, 0.25) is 0 Å². The minimum Gasteiger partial charge on any atom is -0.456 e. The van der Waals surface area contributed by atoms with E-state index in [4.69, 9.17) is 10.5 Å². The van der Waals surface area contributed by atoms with Gasteiger partial charge in [-0.2, -0.15) is 0 Å². The van der Waals surface area contributed by atoms with Gasteiger partial charge in [0.05, 0.1) is 17.2 Å². The van der Waals surface area contributed by atoms with Crippen LogP contribution in [-0.4, -0.2) is 11.0 Å². The maximum absolute atomic E-state index is 13.7. The number of nitrogens with two attached hydrogens (primary N) is 1. The Morgan fingerprint density at radius 3 is 2.50 bits per heavy atom. The third-order valence-electron chi connectivity index (χ3n) is 2.80. The van der Waals surface area contributed by atoms with Crippen LogP contribution in [0.4, 0.5) is 4.39 Å². The summed E-state index contributed by atoms with van der Waals surface area (Å²) in [4.78, 5) is 11.3. The second-order valence-corrected chi connectivity index (χ2v) is 4.29. The summed E-state index contributed by atoms with van der Waals surface area (Å²) in [6.45, 7) is 1.44. The van der Waals surface area contributed by atoms with Gasteiger partial charge in [-0.05, 0) is 31.2 Å². The highest BCUT2D eigenvalue weighted by molar-refractivity contribution is 5.95. The van der Waals surface area contributed by atoms with E-state index in [0.29, 0.717) is 0 Å². The van der Waals surface area contributed by atoms with Crippen LogP contribution >= 0.6 is 0 Å². The van der Waals surface area contributed by atoms with E-state index in [-0.39, 0.29) is 22.6 Å². The maximum atomic E-state index is 13.7. The molecule has 5 heteroatoms. The second-order valence-electron chi connectivity index (χ2n) is 4.29. The average molecular weight is 275 g/mol. The first-order valence-electron chi connectivity index (χ1n) is 6.04. The fourth-order valence-electron chi connectivity index (χ4n) is 1.89. The Balaban J connectivity index is 2.46. The number of primary amides is 1. The number of ether oxygens (including phenoxy) is 1. The first kappa shape index (κ1) is 14.0. The summed E-state index contributed by atoms with van der Waals surface area (Å²) in [7, 11) is 0. The number of aliphatic hydroxyl groups is 1. The molecule has 2 aromatic rings. The van der Waals surface area contributed by atoms with E-state index < -0.39 is 17.8 Å². The van der Waals surface area contributed by atoms with E-state index in [1.165, 1.54) is 31.2 Å². The lowest BCUT2D eigenvalue weighted by Crippen LogP contribution is -2.12. The number of rotatable bonds is 4. The molecular weight excluding hydrogens is 261 g/mol. The maximum Gasteiger partial charge on any atom is 0.252 e. The zero-order chi connectivity index (χ0) is 14.7. The van der Waals surface area contributed by atoms with E-state index in [1.54, 1.807) is 18.2 Å². The summed E-state index contributed by atoms with van der Waals surface area (Å²) in [5.74, 6) is -0.856. The molecule has 0 fully saturated rings. The predicted octanol–water partition coefficient (Wildman–Crippen LogP) is 2.77. The lowest BCUT2D eigenvalue weighted by atomic mass is 10.1. The predicted molar refractivity (Wildman–Crippen MR) is 72.1 cm³/mol. The van der Waals surface area contributed by atoms with E-state index in [1.807, 2.05) is 0 Å². The van der Waals surface area contributed by atoms with Gasteiger partial charge in [-0.25, -0.2) is 4.39 Å². The molecule has 20 heavy (non-hydrogen) atoms. The van der Waals surface area contributed by atoms with Gasteiger partial charge >= 0.3 is 0 Å². The standard InChI is InChI=1S/C15H14FNO3/c1-9(18)14-11(16)6-4-8-13(14)20-12-7-3-2-5-10(12)15(17)19/h2-9,18H,1H3,(H2,17,19)/t9-/m1/s1. The molecule has 4 nitrogen and oxygen atoms in total. The van der Waals surface area contributed by atoms with Crippen molar-refractivity contribution in [3.8, 4) is 11.5 Å². The number of amides is 1. The number of para-hydroxylation sites is 1. The molecule has 0 aromatic heterocycles. The number of aliphatic hydroxyl groups excluding tert-OH is 1. The van der Waals surface area contributed by atoms with Crippen LogP contribution in [0.3, 0.4) is 0 Å². The summed E-state index contributed by atoms with van der Waals surface area (Å²) < 4.78 is 19.3. The summed E-state index contributed by atoms with van der Waals surface area (Å²) in [6.07, 6.45) is -1.04. The molecule has 2 rings (SSSR count). The monoisotopic (exact) mass is 275 g/mol. The Kier molecular flexibility index (Phi) is 4.00. The molecule has 0 saturated carbocycles. The number of benzene rings is 2. The highest BCUT2D eigenvalue weighted by Crippen LogP contribution is 2.32. The minimum atomic E-state index is -1.04. The van der Waals surface area contributed by atoms with Crippen molar-refractivity contribution in [2.24, 2.45) is 5.73 Å². The van der Waals surface area contributed by atoms with Crippen molar-refractivity contribution in [2.45, 2.75) is 13.0 Å². The third-order valence-corrected chi connectivity index (χ3v) is 2.80.